The Morgan fingerprint density at radius 3 is 2.48 bits per heavy atom. The third-order valence-electron chi connectivity index (χ3n) is 4.77. The lowest BCUT2D eigenvalue weighted by Gasteiger charge is -2.35. The molecule has 6 heteroatoms. The minimum Gasteiger partial charge on any atom is -0.367 e. The predicted octanol–water partition coefficient (Wildman–Crippen LogP) is 1.42. The molecule has 2 heterocycles. The second-order valence-corrected chi connectivity index (χ2v) is 6.38. The van der Waals surface area contributed by atoms with Crippen molar-refractivity contribution in [1.82, 2.24) is 15.2 Å². The summed E-state index contributed by atoms with van der Waals surface area (Å²) in [5, 5.41) is 3.10. The number of nitrogens with zero attached hydrogens (tertiary/aromatic N) is 3. The van der Waals surface area contributed by atoms with Gasteiger partial charge in [-0.1, -0.05) is 12.8 Å². The molecule has 0 unspecified atom stereocenters. The first-order chi connectivity index (χ1) is 11.1. The quantitative estimate of drug-likeness (QED) is 0.916. The van der Waals surface area contributed by atoms with E-state index in [9.17, 15) is 9.59 Å². The van der Waals surface area contributed by atoms with Crippen molar-refractivity contribution >= 4 is 17.5 Å². The molecule has 0 bridgehead atoms. The van der Waals surface area contributed by atoms with E-state index in [2.05, 4.69) is 15.2 Å². The van der Waals surface area contributed by atoms with Gasteiger partial charge in [0.15, 0.2) is 0 Å². The fraction of sp³-hybridized carbons (Fsp3) is 0.588. The van der Waals surface area contributed by atoms with Gasteiger partial charge in [-0.2, -0.15) is 0 Å². The van der Waals surface area contributed by atoms with Gasteiger partial charge in [0, 0.05) is 45.3 Å². The molecule has 1 N–H and O–H groups in total. The highest BCUT2D eigenvalue weighted by molar-refractivity contribution is 5.95. The molecule has 0 spiro atoms. The van der Waals surface area contributed by atoms with E-state index >= 15 is 0 Å². The molecule has 2 amide bonds. The number of aromatic nitrogens is 1. The number of nitrogens with one attached hydrogen (secondary N) is 1. The second kappa shape index (κ2) is 6.98. The summed E-state index contributed by atoms with van der Waals surface area (Å²) >= 11 is 0. The van der Waals surface area contributed by atoms with Crippen molar-refractivity contribution in [3.8, 4) is 0 Å². The van der Waals surface area contributed by atoms with E-state index in [1.54, 1.807) is 19.3 Å². The van der Waals surface area contributed by atoms with Gasteiger partial charge in [-0.25, -0.2) is 0 Å². The van der Waals surface area contributed by atoms with Crippen LogP contribution in [0.1, 0.15) is 43.0 Å². The third-order valence-corrected chi connectivity index (χ3v) is 4.77. The molecule has 1 aromatic heterocycles. The highest BCUT2D eigenvalue weighted by Gasteiger charge is 2.21. The molecule has 23 heavy (non-hydrogen) atoms. The van der Waals surface area contributed by atoms with Gasteiger partial charge in [0.1, 0.15) is 0 Å². The highest BCUT2D eigenvalue weighted by atomic mass is 16.2. The lowest BCUT2D eigenvalue weighted by atomic mass is 10.2. The number of hydrogen-bond donors (Lipinski definition) is 1. The fourth-order valence-electron chi connectivity index (χ4n) is 3.34. The number of anilines is 1. The summed E-state index contributed by atoms with van der Waals surface area (Å²) in [7, 11) is 0. The monoisotopic (exact) mass is 316 g/mol. The summed E-state index contributed by atoms with van der Waals surface area (Å²) in [5.74, 6) is 0.0843. The van der Waals surface area contributed by atoms with E-state index in [1.165, 1.54) is 12.8 Å². The van der Waals surface area contributed by atoms with Crippen LogP contribution >= 0.6 is 0 Å². The topological polar surface area (TPSA) is 65.5 Å². The lowest BCUT2D eigenvalue weighted by Crippen LogP contribution is -2.48. The Bertz CT molecular complexity index is 576. The SMILES string of the molecule is CC(=O)N1CCN(c2cncc(C(=O)NC3CCCC3)c2)CC1. The van der Waals surface area contributed by atoms with Crippen molar-refractivity contribution in [1.29, 1.82) is 0 Å². The number of rotatable bonds is 3. The predicted molar refractivity (Wildman–Crippen MR) is 88.4 cm³/mol. The van der Waals surface area contributed by atoms with Crippen molar-refractivity contribution < 1.29 is 9.59 Å². The van der Waals surface area contributed by atoms with Gasteiger partial charge in [-0.05, 0) is 18.9 Å². The summed E-state index contributed by atoms with van der Waals surface area (Å²) in [6.45, 7) is 4.58. The molecule has 6 nitrogen and oxygen atoms in total. The van der Waals surface area contributed by atoms with Crippen LogP contribution in [-0.4, -0.2) is 53.9 Å². The van der Waals surface area contributed by atoms with Crippen LogP contribution in [0.3, 0.4) is 0 Å². The minimum absolute atomic E-state index is 0.0337. The minimum atomic E-state index is -0.0337. The number of hydrogen-bond acceptors (Lipinski definition) is 4. The standard InChI is InChI=1S/C17H24N4O2/c1-13(22)20-6-8-21(9-7-20)16-10-14(11-18-12-16)17(23)19-15-4-2-3-5-15/h10-12,15H,2-9H2,1H3,(H,19,23). The van der Waals surface area contributed by atoms with Crippen LogP contribution in [0.4, 0.5) is 5.69 Å². The molecule has 1 saturated carbocycles. The second-order valence-electron chi connectivity index (χ2n) is 6.38. The van der Waals surface area contributed by atoms with Crippen LogP contribution in [0.2, 0.25) is 0 Å². The van der Waals surface area contributed by atoms with Gasteiger partial charge in [0.25, 0.3) is 5.91 Å². The van der Waals surface area contributed by atoms with Gasteiger partial charge in [-0.3, -0.25) is 14.6 Å². The normalized spacial score (nSPS) is 19.0. The van der Waals surface area contributed by atoms with Gasteiger partial charge in [-0.15, -0.1) is 0 Å². The Hall–Kier alpha value is -2.11. The van der Waals surface area contributed by atoms with E-state index in [0.717, 1.165) is 31.6 Å². The summed E-state index contributed by atoms with van der Waals surface area (Å²) in [4.78, 5) is 32.0. The van der Waals surface area contributed by atoms with Crippen LogP contribution in [0.25, 0.3) is 0 Å². The number of amides is 2. The molecule has 1 saturated heterocycles. The van der Waals surface area contributed by atoms with Crippen LogP contribution in [-0.2, 0) is 4.79 Å². The van der Waals surface area contributed by atoms with E-state index in [0.29, 0.717) is 24.7 Å². The molecule has 124 valence electrons. The summed E-state index contributed by atoms with van der Waals surface area (Å²) in [5.41, 5.74) is 1.57. The number of piperazine rings is 1. The number of carbonyl (C=O) groups excluding carboxylic acids is 2. The first-order valence-electron chi connectivity index (χ1n) is 8.40. The fourth-order valence-corrected chi connectivity index (χ4v) is 3.34. The van der Waals surface area contributed by atoms with Gasteiger partial charge in [0.2, 0.25) is 5.91 Å². The molecule has 2 fully saturated rings. The Balaban J connectivity index is 1.63. The van der Waals surface area contributed by atoms with Crippen molar-refractivity contribution in [3.63, 3.8) is 0 Å². The Morgan fingerprint density at radius 2 is 1.83 bits per heavy atom. The molecule has 3 rings (SSSR count). The van der Waals surface area contributed by atoms with Crippen molar-refractivity contribution in [3.05, 3.63) is 24.0 Å². The van der Waals surface area contributed by atoms with Crippen LogP contribution < -0.4 is 10.2 Å². The zero-order valence-corrected chi connectivity index (χ0v) is 13.6. The number of carbonyl (C=O) groups is 2. The Kier molecular flexibility index (Phi) is 4.79. The van der Waals surface area contributed by atoms with E-state index < -0.39 is 0 Å². The maximum absolute atomic E-state index is 12.4. The first-order valence-corrected chi connectivity index (χ1v) is 8.40. The van der Waals surface area contributed by atoms with Crippen molar-refractivity contribution in [2.75, 3.05) is 31.1 Å². The molecular weight excluding hydrogens is 292 g/mol. The third kappa shape index (κ3) is 3.81. The highest BCUT2D eigenvalue weighted by Crippen LogP contribution is 2.20. The van der Waals surface area contributed by atoms with Crippen molar-refractivity contribution in [2.24, 2.45) is 0 Å². The number of pyridine rings is 1. The molecule has 1 aliphatic carbocycles. The van der Waals surface area contributed by atoms with Gasteiger partial charge >= 0.3 is 0 Å². The average Bonchev–Trinajstić information content (AvgIpc) is 3.08. The Labute approximate surface area is 136 Å². The van der Waals surface area contributed by atoms with Crippen LogP contribution in [0.15, 0.2) is 18.5 Å². The largest absolute Gasteiger partial charge is 0.367 e. The lowest BCUT2D eigenvalue weighted by molar-refractivity contribution is -0.129. The van der Waals surface area contributed by atoms with E-state index in [4.69, 9.17) is 0 Å². The Morgan fingerprint density at radius 1 is 1.13 bits per heavy atom. The molecule has 0 aromatic carbocycles. The summed E-state index contributed by atoms with van der Waals surface area (Å²) in [6, 6.07) is 2.21. The van der Waals surface area contributed by atoms with Gasteiger partial charge in [0.05, 0.1) is 17.4 Å². The molecule has 2 aliphatic rings. The maximum atomic E-state index is 12.4. The van der Waals surface area contributed by atoms with E-state index in [-0.39, 0.29) is 11.8 Å². The molecule has 0 radical (unpaired) electrons. The summed E-state index contributed by atoms with van der Waals surface area (Å²) < 4.78 is 0. The van der Waals surface area contributed by atoms with E-state index in [1.807, 2.05) is 11.0 Å². The smallest absolute Gasteiger partial charge is 0.253 e. The first kappa shape index (κ1) is 15.8. The zero-order valence-electron chi connectivity index (χ0n) is 13.6. The average molecular weight is 316 g/mol. The zero-order chi connectivity index (χ0) is 16.2. The van der Waals surface area contributed by atoms with Crippen LogP contribution in [0.5, 0.6) is 0 Å². The molecule has 1 aromatic rings. The van der Waals surface area contributed by atoms with Crippen molar-refractivity contribution in [2.45, 2.75) is 38.6 Å². The van der Waals surface area contributed by atoms with Gasteiger partial charge < -0.3 is 15.1 Å². The molecular formula is C17H24N4O2. The molecule has 0 atom stereocenters. The summed E-state index contributed by atoms with van der Waals surface area (Å²) in [6.07, 6.45) is 7.96. The van der Waals surface area contributed by atoms with Crippen LogP contribution in [0, 0.1) is 0 Å². The molecule has 1 aliphatic heterocycles. The maximum Gasteiger partial charge on any atom is 0.253 e.